The fourth-order valence-corrected chi connectivity index (χ4v) is 1.74. The van der Waals surface area contributed by atoms with Gasteiger partial charge >= 0.3 is 10.8 Å². The number of carboxylic acids is 1. The molecule has 0 unspecified atom stereocenters. The summed E-state index contributed by atoms with van der Waals surface area (Å²) >= 11 is 0.811. The largest absolute Gasteiger partial charge is 0.481 e. The van der Waals surface area contributed by atoms with Gasteiger partial charge in [0.15, 0.2) is 0 Å². The van der Waals surface area contributed by atoms with Crippen LogP contribution in [-0.4, -0.2) is 28.5 Å². The van der Waals surface area contributed by atoms with Gasteiger partial charge in [-0.1, -0.05) is 11.3 Å². The van der Waals surface area contributed by atoms with Crippen molar-refractivity contribution in [2.24, 2.45) is 0 Å². The fraction of sp³-hybridized carbons (Fsp3) is 0.375. The second kappa shape index (κ2) is 4.74. The van der Waals surface area contributed by atoms with Gasteiger partial charge in [-0.05, 0) is 6.92 Å². The highest BCUT2D eigenvalue weighted by atomic mass is 32.1. The van der Waals surface area contributed by atoms with Crippen LogP contribution in [0.1, 0.15) is 21.8 Å². The molecule has 0 radical (unpaired) electrons. The minimum atomic E-state index is -0.978. The zero-order valence-corrected chi connectivity index (χ0v) is 8.81. The molecule has 1 rings (SSSR count). The summed E-state index contributed by atoms with van der Waals surface area (Å²) in [7, 11) is 0. The van der Waals surface area contributed by atoms with E-state index in [1.54, 1.807) is 6.92 Å². The molecule has 3 N–H and O–H groups in total. The summed E-state index contributed by atoms with van der Waals surface area (Å²) in [5.41, 5.74) is 0.498. The van der Waals surface area contributed by atoms with Crippen LogP contribution in [0.4, 0.5) is 0 Å². The van der Waals surface area contributed by atoms with E-state index in [9.17, 15) is 14.4 Å². The summed E-state index contributed by atoms with van der Waals surface area (Å²) in [5.74, 6) is -1.40. The van der Waals surface area contributed by atoms with Crippen molar-refractivity contribution in [3.05, 3.63) is 20.2 Å². The van der Waals surface area contributed by atoms with E-state index in [4.69, 9.17) is 5.11 Å². The molecule has 0 spiro atoms. The van der Waals surface area contributed by atoms with E-state index < -0.39 is 11.9 Å². The van der Waals surface area contributed by atoms with E-state index in [1.807, 2.05) is 0 Å². The van der Waals surface area contributed by atoms with Gasteiger partial charge in [-0.3, -0.25) is 14.4 Å². The van der Waals surface area contributed by atoms with E-state index in [0.717, 1.165) is 11.3 Å². The van der Waals surface area contributed by atoms with Crippen molar-refractivity contribution in [1.82, 2.24) is 10.3 Å². The number of aromatic amines is 1. The van der Waals surface area contributed by atoms with Gasteiger partial charge < -0.3 is 15.4 Å². The number of nitrogens with one attached hydrogen (secondary N) is 2. The fourth-order valence-electron chi connectivity index (χ4n) is 0.985. The number of hydrogen-bond donors (Lipinski definition) is 3. The summed E-state index contributed by atoms with van der Waals surface area (Å²) in [4.78, 5) is 35.0. The lowest BCUT2D eigenvalue weighted by atomic mass is 10.3. The van der Waals surface area contributed by atoms with Gasteiger partial charge in [0.25, 0.3) is 5.91 Å². The first-order valence-corrected chi connectivity index (χ1v) is 5.02. The zero-order valence-electron chi connectivity index (χ0n) is 7.99. The molecule has 0 saturated heterocycles. The van der Waals surface area contributed by atoms with Crippen molar-refractivity contribution in [2.75, 3.05) is 6.54 Å². The molecular formula is C8H10N2O4S. The van der Waals surface area contributed by atoms with Crippen LogP contribution in [0.25, 0.3) is 0 Å². The Labute approximate surface area is 88.9 Å². The highest BCUT2D eigenvalue weighted by molar-refractivity contribution is 7.11. The Morgan fingerprint density at radius 1 is 1.53 bits per heavy atom. The number of carboxylic acid groups (broad SMARTS) is 1. The number of aromatic nitrogens is 1. The van der Waals surface area contributed by atoms with Gasteiger partial charge in [0.05, 0.1) is 6.42 Å². The molecule has 0 saturated carbocycles. The summed E-state index contributed by atoms with van der Waals surface area (Å²) in [6.45, 7) is 1.67. The standard InChI is InChI=1S/C8H10N2O4S/c1-4-6(15-8(14)10-4)7(13)9-3-2-5(11)12/h2-3H2,1H3,(H,9,13)(H,10,14)(H,11,12). The zero-order chi connectivity index (χ0) is 11.4. The lowest BCUT2D eigenvalue weighted by molar-refractivity contribution is -0.136. The highest BCUT2D eigenvalue weighted by Gasteiger charge is 2.12. The number of rotatable bonds is 4. The third kappa shape index (κ3) is 3.21. The average molecular weight is 230 g/mol. The molecule has 0 atom stereocenters. The van der Waals surface area contributed by atoms with Crippen molar-refractivity contribution in [1.29, 1.82) is 0 Å². The molecule has 0 bridgehead atoms. The Morgan fingerprint density at radius 3 is 2.67 bits per heavy atom. The predicted molar refractivity (Wildman–Crippen MR) is 54.3 cm³/mol. The molecule has 1 amide bonds. The number of aliphatic carboxylic acids is 1. The molecular weight excluding hydrogens is 220 g/mol. The molecule has 1 aromatic heterocycles. The third-order valence-corrected chi connectivity index (χ3v) is 2.64. The number of H-pyrrole nitrogens is 1. The highest BCUT2D eigenvalue weighted by Crippen LogP contribution is 2.06. The Morgan fingerprint density at radius 2 is 2.20 bits per heavy atom. The first kappa shape index (κ1) is 11.4. The third-order valence-electron chi connectivity index (χ3n) is 1.66. The number of aryl methyl sites for hydroxylation is 1. The minimum Gasteiger partial charge on any atom is -0.481 e. The molecule has 0 aliphatic rings. The molecule has 1 aromatic rings. The van der Waals surface area contributed by atoms with Crippen molar-refractivity contribution in [3.8, 4) is 0 Å². The molecule has 0 aliphatic heterocycles. The van der Waals surface area contributed by atoms with E-state index in [1.165, 1.54) is 0 Å². The van der Waals surface area contributed by atoms with Gasteiger partial charge in [0.2, 0.25) is 0 Å². The van der Waals surface area contributed by atoms with Crippen LogP contribution >= 0.6 is 11.3 Å². The normalized spacial score (nSPS) is 9.93. The maximum absolute atomic E-state index is 11.4. The van der Waals surface area contributed by atoms with E-state index in [0.29, 0.717) is 10.6 Å². The van der Waals surface area contributed by atoms with Crippen molar-refractivity contribution < 1.29 is 14.7 Å². The van der Waals surface area contributed by atoms with E-state index in [-0.39, 0.29) is 17.8 Å². The van der Waals surface area contributed by atoms with Crippen LogP contribution < -0.4 is 10.2 Å². The molecule has 82 valence electrons. The first-order chi connectivity index (χ1) is 7.00. The first-order valence-electron chi connectivity index (χ1n) is 4.20. The number of hydrogen-bond acceptors (Lipinski definition) is 4. The van der Waals surface area contributed by atoms with Gasteiger partial charge in [-0.25, -0.2) is 0 Å². The number of thiazole rings is 1. The average Bonchev–Trinajstić information content (AvgIpc) is 2.44. The monoisotopic (exact) mass is 230 g/mol. The van der Waals surface area contributed by atoms with Gasteiger partial charge in [0, 0.05) is 12.2 Å². The van der Waals surface area contributed by atoms with Crippen LogP contribution in [0.5, 0.6) is 0 Å². The van der Waals surface area contributed by atoms with Gasteiger partial charge in [-0.2, -0.15) is 0 Å². The molecule has 0 fully saturated rings. The second-order valence-corrected chi connectivity index (χ2v) is 3.85. The molecule has 0 aliphatic carbocycles. The van der Waals surface area contributed by atoms with Crippen LogP contribution in [-0.2, 0) is 4.79 Å². The number of amides is 1. The molecule has 0 aromatic carbocycles. The molecule has 6 nitrogen and oxygen atoms in total. The topological polar surface area (TPSA) is 99.3 Å². The quantitative estimate of drug-likeness (QED) is 0.675. The lowest BCUT2D eigenvalue weighted by Gasteiger charge is -2.00. The summed E-state index contributed by atoms with van der Waals surface area (Å²) in [6.07, 6.45) is -0.135. The summed E-state index contributed by atoms with van der Waals surface area (Å²) in [5, 5.41) is 10.8. The van der Waals surface area contributed by atoms with E-state index in [2.05, 4.69) is 10.3 Å². The van der Waals surface area contributed by atoms with Crippen molar-refractivity contribution in [2.45, 2.75) is 13.3 Å². The number of carbonyl (C=O) groups is 2. The van der Waals surface area contributed by atoms with E-state index >= 15 is 0 Å². The molecule has 7 heteroatoms. The van der Waals surface area contributed by atoms with Crippen LogP contribution in [0.3, 0.4) is 0 Å². The van der Waals surface area contributed by atoms with Crippen LogP contribution in [0.15, 0.2) is 4.79 Å². The molecule has 15 heavy (non-hydrogen) atoms. The van der Waals surface area contributed by atoms with Crippen LogP contribution in [0, 0.1) is 6.92 Å². The predicted octanol–water partition coefficient (Wildman–Crippen LogP) is -0.0507. The summed E-state index contributed by atoms with van der Waals surface area (Å²) < 4.78 is 0. The van der Waals surface area contributed by atoms with Crippen molar-refractivity contribution >= 4 is 23.2 Å². The maximum atomic E-state index is 11.4. The van der Waals surface area contributed by atoms with Crippen LogP contribution in [0.2, 0.25) is 0 Å². The van der Waals surface area contributed by atoms with Gasteiger partial charge in [-0.15, -0.1) is 0 Å². The smallest absolute Gasteiger partial charge is 0.305 e. The van der Waals surface area contributed by atoms with Crippen molar-refractivity contribution in [3.63, 3.8) is 0 Å². The Kier molecular flexibility index (Phi) is 3.62. The number of carbonyl (C=O) groups excluding carboxylic acids is 1. The SMILES string of the molecule is Cc1[nH]c(=O)sc1C(=O)NCCC(=O)O. The minimum absolute atomic E-state index is 0.0553. The molecule has 1 heterocycles. The Bertz CT molecular complexity index is 434. The Balaban J connectivity index is 2.58. The summed E-state index contributed by atoms with van der Waals surface area (Å²) in [6, 6.07) is 0. The second-order valence-electron chi connectivity index (χ2n) is 2.87. The van der Waals surface area contributed by atoms with Gasteiger partial charge in [0.1, 0.15) is 4.88 Å². The maximum Gasteiger partial charge on any atom is 0.305 e. The Hall–Kier alpha value is -1.63. The lowest BCUT2D eigenvalue weighted by Crippen LogP contribution is -2.25.